The van der Waals surface area contributed by atoms with E-state index < -0.39 is 0 Å². The van der Waals surface area contributed by atoms with Crippen LogP contribution >= 0.6 is 23.2 Å². The quantitative estimate of drug-likeness (QED) is 0.822. The molecule has 1 aromatic rings. The van der Waals surface area contributed by atoms with Crippen molar-refractivity contribution in [2.75, 3.05) is 13.1 Å². The van der Waals surface area contributed by atoms with Crippen LogP contribution in [0.5, 0.6) is 0 Å². The maximum atomic E-state index is 11.7. The van der Waals surface area contributed by atoms with Crippen molar-refractivity contribution in [3.63, 3.8) is 0 Å². The average Bonchev–Trinajstić information content (AvgIpc) is 2.23. The number of carbonyl (C=O) groups is 1. The number of nitrogens with one attached hydrogen (secondary N) is 1. The van der Waals surface area contributed by atoms with Gasteiger partial charge in [0, 0.05) is 5.92 Å². The van der Waals surface area contributed by atoms with E-state index >= 15 is 0 Å². The number of hydrogen-bond acceptors (Lipinski definition) is 2. The Kier molecular flexibility index (Phi) is 3.29. The van der Waals surface area contributed by atoms with Gasteiger partial charge in [-0.25, -0.2) is 0 Å². The molecule has 15 heavy (non-hydrogen) atoms. The summed E-state index contributed by atoms with van der Waals surface area (Å²) in [7, 11) is 0. The zero-order valence-electron chi connectivity index (χ0n) is 8.09. The van der Waals surface area contributed by atoms with Crippen LogP contribution in [0, 0.1) is 0 Å². The van der Waals surface area contributed by atoms with Crippen molar-refractivity contribution in [1.82, 2.24) is 5.32 Å². The molecule has 0 aliphatic carbocycles. The molecule has 1 aliphatic heterocycles. The van der Waals surface area contributed by atoms with Gasteiger partial charge in [-0.3, -0.25) is 4.79 Å². The highest BCUT2D eigenvalue weighted by molar-refractivity contribution is 6.42. The monoisotopic (exact) mass is 243 g/mol. The van der Waals surface area contributed by atoms with Gasteiger partial charge >= 0.3 is 0 Å². The van der Waals surface area contributed by atoms with Gasteiger partial charge in [-0.2, -0.15) is 0 Å². The normalized spacial score (nSPS) is 21.7. The average molecular weight is 244 g/mol. The second-order valence-corrected chi connectivity index (χ2v) is 4.47. The minimum atomic E-state index is -0.0268. The summed E-state index contributed by atoms with van der Waals surface area (Å²) in [6.45, 7) is 1.32. The van der Waals surface area contributed by atoms with Gasteiger partial charge in [0.1, 0.15) is 0 Å². The molecule has 1 unspecified atom stereocenters. The number of ketones is 1. The first kappa shape index (κ1) is 10.9. The van der Waals surface area contributed by atoms with Crippen LogP contribution in [-0.4, -0.2) is 18.9 Å². The Hall–Kier alpha value is -0.570. The van der Waals surface area contributed by atoms with E-state index in [2.05, 4.69) is 5.32 Å². The molecule has 0 radical (unpaired) electrons. The first-order chi connectivity index (χ1) is 7.18. The van der Waals surface area contributed by atoms with E-state index in [1.54, 1.807) is 12.1 Å². The number of Topliss-reactive ketones (excluding diaryl/α,β-unsaturated/α-hetero) is 1. The Morgan fingerprint density at radius 3 is 2.73 bits per heavy atom. The van der Waals surface area contributed by atoms with Gasteiger partial charge in [-0.15, -0.1) is 0 Å². The number of halogens is 2. The molecule has 2 nitrogen and oxygen atoms in total. The van der Waals surface area contributed by atoms with E-state index in [0.29, 0.717) is 16.6 Å². The zero-order chi connectivity index (χ0) is 10.8. The molecule has 1 aromatic carbocycles. The van der Waals surface area contributed by atoms with Gasteiger partial charge in [0.2, 0.25) is 0 Å². The highest BCUT2D eigenvalue weighted by Gasteiger charge is 2.23. The van der Waals surface area contributed by atoms with Gasteiger partial charge < -0.3 is 5.32 Å². The number of carbonyl (C=O) groups excluding carboxylic acids is 1. The second kappa shape index (κ2) is 4.52. The Morgan fingerprint density at radius 1 is 1.27 bits per heavy atom. The standard InChI is InChI=1S/C11H11Cl2NO/c12-9-2-1-7(5-10(9)13)8-3-4-14-6-11(8)15/h1-2,5,8,14H,3-4,6H2. The summed E-state index contributed by atoms with van der Waals surface area (Å²) in [5.74, 6) is 0.195. The summed E-state index contributed by atoms with van der Waals surface area (Å²) in [6.07, 6.45) is 0.830. The lowest BCUT2D eigenvalue weighted by atomic mass is 9.89. The molecule has 2 rings (SSSR count). The lowest BCUT2D eigenvalue weighted by molar-refractivity contribution is -0.120. The molecule has 1 saturated heterocycles. The third kappa shape index (κ3) is 2.33. The molecular formula is C11H11Cl2NO. The molecule has 0 bridgehead atoms. The fourth-order valence-electron chi connectivity index (χ4n) is 1.82. The van der Waals surface area contributed by atoms with Crippen molar-refractivity contribution in [3.8, 4) is 0 Å². The van der Waals surface area contributed by atoms with Crippen LogP contribution in [0.2, 0.25) is 10.0 Å². The lowest BCUT2D eigenvalue weighted by Crippen LogP contribution is -2.35. The number of hydrogen-bond donors (Lipinski definition) is 1. The smallest absolute Gasteiger partial charge is 0.154 e. The number of benzene rings is 1. The summed E-state index contributed by atoms with van der Waals surface area (Å²) in [4.78, 5) is 11.7. The van der Waals surface area contributed by atoms with E-state index in [0.717, 1.165) is 18.5 Å². The summed E-state index contributed by atoms with van der Waals surface area (Å²) >= 11 is 11.7. The molecular weight excluding hydrogens is 233 g/mol. The topological polar surface area (TPSA) is 29.1 Å². The van der Waals surface area contributed by atoms with Gasteiger partial charge in [0.25, 0.3) is 0 Å². The van der Waals surface area contributed by atoms with E-state index in [1.165, 1.54) is 0 Å². The first-order valence-electron chi connectivity index (χ1n) is 4.87. The fourth-order valence-corrected chi connectivity index (χ4v) is 2.13. The van der Waals surface area contributed by atoms with Crippen molar-refractivity contribution in [2.24, 2.45) is 0 Å². The van der Waals surface area contributed by atoms with Crippen LogP contribution in [0.4, 0.5) is 0 Å². The number of piperidine rings is 1. The third-order valence-corrected chi connectivity index (χ3v) is 3.38. The molecule has 1 atom stereocenters. The lowest BCUT2D eigenvalue weighted by Gasteiger charge is -2.21. The third-order valence-electron chi connectivity index (χ3n) is 2.64. The van der Waals surface area contributed by atoms with Crippen molar-refractivity contribution >= 4 is 29.0 Å². The first-order valence-corrected chi connectivity index (χ1v) is 5.62. The highest BCUT2D eigenvalue weighted by atomic mass is 35.5. The van der Waals surface area contributed by atoms with Gasteiger partial charge in [-0.1, -0.05) is 29.3 Å². The fraction of sp³-hybridized carbons (Fsp3) is 0.364. The van der Waals surface area contributed by atoms with Crippen molar-refractivity contribution in [3.05, 3.63) is 33.8 Å². The molecule has 1 heterocycles. The van der Waals surface area contributed by atoms with Crippen LogP contribution in [0.25, 0.3) is 0 Å². The van der Waals surface area contributed by atoms with Crippen LogP contribution in [-0.2, 0) is 4.79 Å². The molecule has 0 spiro atoms. The van der Waals surface area contributed by atoms with Crippen LogP contribution in [0.15, 0.2) is 18.2 Å². The Morgan fingerprint density at radius 2 is 2.07 bits per heavy atom. The minimum absolute atomic E-state index is 0.0268. The molecule has 4 heteroatoms. The van der Waals surface area contributed by atoms with Crippen molar-refractivity contribution in [2.45, 2.75) is 12.3 Å². The van der Waals surface area contributed by atoms with Crippen molar-refractivity contribution in [1.29, 1.82) is 0 Å². The zero-order valence-corrected chi connectivity index (χ0v) is 9.61. The maximum absolute atomic E-state index is 11.7. The Bertz CT molecular complexity index is 392. The summed E-state index contributed by atoms with van der Waals surface area (Å²) in [5, 5.41) is 4.10. The van der Waals surface area contributed by atoms with E-state index in [1.807, 2.05) is 6.07 Å². The molecule has 1 fully saturated rings. The summed E-state index contributed by atoms with van der Waals surface area (Å²) < 4.78 is 0. The van der Waals surface area contributed by atoms with E-state index in [4.69, 9.17) is 23.2 Å². The predicted molar refractivity (Wildman–Crippen MR) is 61.7 cm³/mol. The summed E-state index contributed by atoms with van der Waals surface area (Å²) in [5.41, 5.74) is 0.968. The highest BCUT2D eigenvalue weighted by Crippen LogP contribution is 2.29. The Labute approximate surface area is 98.6 Å². The second-order valence-electron chi connectivity index (χ2n) is 3.66. The largest absolute Gasteiger partial charge is 0.310 e. The Balaban J connectivity index is 2.28. The minimum Gasteiger partial charge on any atom is -0.310 e. The SMILES string of the molecule is O=C1CNCCC1c1ccc(Cl)c(Cl)c1. The van der Waals surface area contributed by atoms with E-state index in [-0.39, 0.29) is 11.7 Å². The molecule has 1 N–H and O–H groups in total. The number of rotatable bonds is 1. The molecule has 0 aromatic heterocycles. The van der Waals surface area contributed by atoms with Crippen LogP contribution in [0.1, 0.15) is 17.9 Å². The molecule has 0 saturated carbocycles. The molecule has 80 valence electrons. The van der Waals surface area contributed by atoms with Gasteiger partial charge in [0.05, 0.1) is 16.6 Å². The maximum Gasteiger partial charge on any atom is 0.154 e. The van der Waals surface area contributed by atoms with Crippen LogP contribution < -0.4 is 5.32 Å². The van der Waals surface area contributed by atoms with Gasteiger partial charge in [-0.05, 0) is 30.7 Å². The van der Waals surface area contributed by atoms with Crippen LogP contribution in [0.3, 0.4) is 0 Å². The molecule has 1 aliphatic rings. The van der Waals surface area contributed by atoms with E-state index in [9.17, 15) is 4.79 Å². The molecule has 0 amide bonds. The van der Waals surface area contributed by atoms with Crippen molar-refractivity contribution < 1.29 is 4.79 Å². The predicted octanol–water partition coefficient (Wildman–Crippen LogP) is 2.64. The van der Waals surface area contributed by atoms with Gasteiger partial charge in [0.15, 0.2) is 5.78 Å². The summed E-state index contributed by atoms with van der Waals surface area (Å²) in [6, 6.07) is 5.41.